The first-order valence-electron chi connectivity index (χ1n) is 5.25. The molecule has 0 aromatic rings. The predicted molar refractivity (Wildman–Crippen MR) is 61.3 cm³/mol. The van der Waals surface area contributed by atoms with Crippen LogP contribution >= 0.6 is 0 Å². The van der Waals surface area contributed by atoms with Crippen LogP contribution in [0.2, 0.25) is 0 Å². The van der Waals surface area contributed by atoms with Crippen molar-refractivity contribution in [3.8, 4) is 0 Å². The number of hydrogen-bond acceptors (Lipinski definition) is 5. The Morgan fingerprint density at radius 1 is 1.06 bits per heavy atom. The van der Waals surface area contributed by atoms with Crippen molar-refractivity contribution in [1.82, 2.24) is 16.0 Å². The fraction of sp³-hybridized carbons (Fsp3) is 0.600. The summed E-state index contributed by atoms with van der Waals surface area (Å²) in [5.41, 5.74) is 0. The zero-order valence-electron chi connectivity index (χ0n) is 10.5. The van der Waals surface area contributed by atoms with Crippen LogP contribution < -0.4 is 16.0 Å². The van der Waals surface area contributed by atoms with Gasteiger partial charge in [-0.1, -0.05) is 0 Å². The zero-order valence-corrected chi connectivity index (χ0v) is 10.5. The number of ether oxygens (including phenoxy) is 1. The summed E-state index contributed by atoms with van der Waals surface area (Å²) in [6.45, 7) is 2.26. The van der Waals surface area contributed by atoms with Crippen LogP contribution in [0.4, 0.5) is 0 Å². The quantitative estimate of drug-likeness (QED) is 0.474. The van der Waals surface area contributed by atoms with E-state index in [-0.39, 0.29) is 19.0 Å². The zero-order chi connectivity index (χ0) is 14.1. The monoisotopic (exact) mass is 259 g/mol. The van der Waals surface area contributed by atoms with Gasteiger partial charge < -0.3 is 20.7 Å². The van der Waals surface area contributed by atoms with Gasteiger partial charge >= 0.3 is 5.97 Å². The minimum atomic E-state index is -0.783. The van der Waals surface area contributed by atoms with Crippen LogP contribution in [0.15, 0.2) is 0 Å². The Hall–Kier alpha value is -2.12. The second-order valence-electron chi connectivity index (χ2n) is 3.50. The van der Waals surface area contributed by atoms with Gasteiger partial charge in [0.1, 0.15) is 6.04 Å². The van der Waals surface area contributed by atoms with E-state index in [0.717, 1.165) is 0 Å². The number of carbonyl (C=O) groups excluding carboxylic acids is 4. The molecular weight excluding hydrogens is 242 g/mol. The molecule has 0 unspecified atom stereocenters. The number of esters is 1. The van der Waals surface area contributed by atoms with Gasteiger partial charge in [-0.25, -0.2) is 4.79 Å². The van der Waals surface area contributed by atoms with E-state index >= 15 is 0 Å². The van der Waals surface area contributed by atoms with E-state index in [1.54, 1.807) is 0 Å². The molecule has 0 saturated heterocycles. The van der Waals surface area contributed by atoms with Crippen molar-refractivity contribution in [1.29, 1.82) is 0 Å². The van der Waals surface area contributed by atoms with E-state index in [1.165, 1.54) is 21.0 Å². The maximum absolute atomic E-state index is 11.3. The van der Waals surface area contributed by atoms with Gasteiger partial charge in [-0.15, -0.1) is 0 Å². The Bertz CT molecular complexity index is 342. The van der Waals surface area contributed by atoms with Gasteiger partial charge in [0.05, 0.1) is 20.2 Å². The summed E-state index contributed by atoms with van der Waals surface area (Å²) in [4.78, 5) is 43.9. The number of methoxy groups -OCH3 is 1. The van der Waals surface area contributed by atoms with Crippen molar-refractivity contribution >= 4 is 23.7 Å². The number of hydrogen-bond donors (Lipinski definition) is 3. The Labute approximate surface area is 104 Å². The number of nitrogens with one attached hydrogen (secondary N) is 3. The molecule has 8 heteroatoms. The summed E-state index contributed by atoms with van der Waals surface area (Å²) >= 11 is 0. The summed E-state index contributed by atoms with van der Waals surface area (Å²) in [5.74, 6) is -1.93. The van der Waals surface area contributed by atoms with Crippen molar-refractivity contribution in [2.24, 2.45) is 0 Å². The molecule has 0 heterocycles. The second kappa shape index (κ2) is 8.04. The third-order valence-electron chi connectivity index (χ3n) is 1.88. The molecule has 3 amide bonds. The smallest absolute Gasteiger partial charge is 0.328 e. The predicted octanol–water partition coefficient (Wildman–Crippen LogP) is -2.08. The lowest BCUT2D eigenvalue weighted by Gasteiger charge is -2.11. The summed E-state index contributed by atoms with van der Waals surface area (Å²) in [6.07, 6.45) is 0. The van der Waals surface area contributed by atoms with Gasteiger partial charge in [0.2, 0.25) is 17.7 Å². The fourth-order valence-electron chi connectivity index (χ4n) is 0.974. The molecule has 0 saturated carbocycles. The highest BCUT2D eigenvalue weighted by atomic mass is 16.5. The molecule has 0 aliphatic carbocycles. The highest BCUT2D eigenvalue weighted by molar-refractivity contribution is 5.89. The molecule has 102 valence electrons. The Balaban J connectivity index is 3.86. The van der Waals surface area contributed by atoms with E-state index in [9.17, 15) is 19.2 Å². The molecule has 0 aliphatic rings. The largest absolute Gasteiger partial charge is 0.467 e. The van der Waals surface area contributed by atoms with Gasteiger partial charge in [-0.2, -0.15) is 0 Å². The average molecular weight is 259 g/mol. The first-order valence-corrected chi connectivity index (χ1v) is 5.25. The maximum Gasteiger partial charge on any atom is 0.328 e. The van der Waals surface area contributed by atoms with Crippen LogP contribution in [0.1, 0.15) is 13.8 Å². The van der Waals surface area contributed by atoms with Gasteiger partial charge in [0.15, 0.2) is 0 Å². The summed E-state index contributed by atoms with van der Waals surface area (Å²) in [5, 5.41) is 6.90. The molecule has 0 spiro atoms. The van der Waals surface area contributed by atoms with Crippen LogP contribution in [0, 0.1) is 0 Å². The van der Waals surface area contributed by atoms with E-state index in [2.05, 4.69) is 20.7 Å². The molecule has 0 bridgehead atoms. The van der Waals surface area contributed by atoms with Crippen LogP contribution in [-0.2, 0) is 23.9 Å². The normalized spacial score (nSPS) is 11.1. The second-order valence-corrected chi connectivity index (χ2v) is 3.50. The first-order chi connectivity index (χ1) is 8.36. The average Bonchev–Trinajstić information content (AvgIpc) is 2.32. The molecule has 0 fully saturated rings. The molecule has 0 aromatic carbocycles. The van der Waals surface area contributed by atoms with E-state index in [0.29, 0.717) is 0 Å². The molecule has 0 rings (SSSR count). The Morgan fingerprint density at radius 2 is 1.61 bits per heavy atom. The van der Waals surface area contributed by atoms with Crippen LogP contribution in [-0.4, -0.2) is 49.9 Å². The van der Waals surface area contributed by atoms with Gasteiger partial charge in [0.25, 0.3) is 0 Å². The van der Waals surface area contributed by atoms with Crippen LogP contribution in [0.25, 0.3) is 0 Å². The maximum atomic E-state index is 11.3. The lowest BCUT2D eigenvalue weighted by Crippen LogP contribution is -2.46. The molecule has 0 aliphatic heterocycles. The van der Waals surface area contributed by atoms with Gasteiger partial charge in [0, 0.05) is 6.92 Å². The third kappa shape index (κ3) is 7.20. The first kappa shape index (κ1) is 15.9. The Morgan fingerprint density at radius 3 is 2.11 bits per heavy atom. The molecule has 0 aromatic heterocycles. The molecular formula is C10H17N3O5. The molecule has 8 nitrogen and oxygen atoms in total. The molecule has 3 N–H and O–H groups in total. The van der Waals surface area contributed by atoms with Crippen molar-refractivity contribution in [3.63, 3.8) is 0 Å². The summed E-state index contributed by atoms with van der Waals surface area (Å²) < 4.78 is 4.41. The van der Waals surface area contributed by atoms with E-state index in [4.69, 9.17) is 0 Å². The lowest BCUT2D eigenvalue weighted by atomic mass is 10.3. The van der Waals surface area contributed by atoms with Crippen LogP contribution in [0.5, 0.6) is 0 Å². The standard InChI is InChI=1S/C10H17N3O5/c1-6(10(17)18-3)13-9(16)5-12-8(15)4-11-7(2)14/h6H,4-5H2,1-3H3,(H,11,14)(H,12,15)(H,13,16)/t6-/m1/s1. The minimum Gasteiger partial charge on any atom is -0.467 e. The number of amides is 3. The summed E-state index contributed by atoms with van der Waals surface area (Å²) in [7, 11) is 1.21. The fourth-order valence-corrected chi connectivity index (χ4v) is 0.974. The highest BCUT2D eigenvalue weighted by Gasteiger charge is 2.15. The van der Waals surface area contributed by atoms with E-state index in [1.807, 2.05) is 0 Å². The molecule has 0 radical (unpaired) electrons. The van der Waals surface area contributed by atoms with E-state index < -0.39 is 23.8 Å². The lowest BCUT2D eigenvalue weighted by molar-refractivity contribution is -0.144. The third-order valence-corrected chi connectivity index (χ3v) is 1.88. The highest BCUT2D eigenvalue weighted by Crippen LogP contribution is 1.85. The van der Waals surface area contributed by atoms with Crippen molar-refractivity contribution < 1.29 is 23.9 Å². The van der Waals surface area contributed by atoms with Crippen molar-refractivity contribution in [2.75, 3.05) is 20.2 Å². The topological polar surface area (TPSA) is 114 Å². The van der Waals surface area contributed by atoms with Gasteiger partial charge in [-0.3, -0.25) is 14.4 Å². The van der Waals surface area contributed by atoms with Gasteiger partial charge in [-0.05, 0) is 6.92 Å². The minimum absolute atomic E-state index is 0.199. The Kier molecular flexibility index (Phi) is 7.10. The molecule has 1 atom stereocenters. The number of carbonyl (C=O) groups is 4. The summed E-state index contributed by atoms with van der Waals surface area (Å²) in [6, 6.07) is -0.783. The number of rotatable bonds is 6. The van der Waals surface area contributed by atoms with Crippen LogP contribution in [0.3, 0.4) is 0 Å². The SMILES string of the molecule is COC(=O)[C@@H](C)NC(=O)CNC(=O)CNC(C)=O. The van der Waals surface area contributed by atoms with Crippen molar-refractivity contribution in [2.45, 2.75) is 19.9 Å². The van der Waals surface area contributed by atoms with Crippen molar-refractivity contribution in [3.05, 3.63) is 0 Å². The molecule has 18 heavy (non-hydrogen) atoms.